The van der Waals surface area contributed by atoms with E-state index in [1.165, 1.54) is 16.8 Å². The maximum Gasteiger partial charge on any atom is 0.0777 e. The quantitative estimate of drug-likeness (QED) is 0.250. The summed E-state index contributed by atoms with van der Waals surface area (Å²) < 4.78 is 2.30. The van der Waals surface area contributed by atoms with Crippen LogP contribution in [0.2, 0.25) is 0 Å². The summed E-state index contributed by atoms with van der Waals surface area (Å²) in [5.74, 6) is 0. The molecule has 149 valence electrons. The maximum absolute atomic E-state index is 5.00. The molecule has 0 unspecified atom stereocenters. The molecule has 0 atom stereocenters. The van der Waals surface area contributed by atoms with Crippen LogP contribution in [0.25, 0.3) is 27.6 Å². The molecule has 4 aromatic rings. The Balaban J connectivity index is 0.00000225. The van der Waals surface area contributed by atoms with Gasteiger partial charge in [-0.15, -0.1) is 12.1 Å². The van der Waals surface area contributed by atoms with Crippen molar-refractivity contribution in [2.45, 2.75) is 66.2 Å². The molecule has 0 aliphatic rings. The average Bonchev–Trinajstić information content (AvgIpc) is 2.90. The molecule has 1 aromatic carbocycles. The fourth-order valence-corrected chi connectivity index (χ4v) is 3.59. The third-order valence-electron chi connectivity index (χ3n) is 5.40. The SMILES string of the molecule is Cc1cc2nc3c4[c-]cc(C(C)(C)C)nc4cc(C(C)(C)C)n3c2cc1C.[Ir]. The van der Waals surface area contributed by atoms with E-state index in [1.807, 2.05) is 6.07 Å². The molecule has 0 N–H and O–H groups in total. The molecule has 28 heavy (non-hydrogen) atoms. The Morgan fingerprint density at radius 3 is 2.07 bits per heavy atom. The van der Waals surface area contributed by atoms with E-state index in [4.69, 9.17) is 9.97 Å². The molecule has 1 radical (unpaired) electrons. The number of pyridine rings is 2. The number of aryl methyl sites for hydroxylation is 2. The van der Waals surface area contributed by atoms with E-state index in [9.17, 15) is 0 Å². The summed E-state index contributed by atoms with van der Waals surface area (Å²) in [5, 5.41) is 0.988. The third kappa shape index (κ3) is 3.27. The zero-order valence-electron chi connectivity index (χ0n) is 18.0. The molecule has 4 rings (SSSR count). The van der Waals surface area contributed by atoms with Crippen molar-refractivity contribution in [2.75, 3.05) is 0 Å². The monoisotopic (exact) mass is 551 g/mol. The van der Waals surface area contributed by atoms with Gasteiger partial charge in [0.1, 0.15) is 0 Å². The first-order chi connectivity index (χ1) is 12.5. The molecule has 0 bridgehead atoms. The van der Waals surface area contributed by atoms with Crippen molar-refractivity contribution in [3.63, 3.8) is 0 Å². The average molecular weight is 551 g/mol. The Bertz CT molecular complexity index is 1200. The number of aromatic nitrogens is 3. The van der Waals surface area contributed by atoms with E-state index in [2.05, 4.69) is 84.1 Å². The van der Waals surface area contributed by atoms with Crippen molar-refractivity contribution < 1.29 is 20.1 Å². The van der Waals surface area contributed by atoms with Crippen molar-refractivity contribution in [3.05, 3.63) is 52.8 Å². The van der Waals surface area contributed by atoms with Crippen LogP contribution in [0, 0.1) is 19.9 Å². The van der Waals surface area contributed by atoms with Gasteiger partial charge in [-0.25, -0.2) is 0 Å². The first-order valence-electron chi connectivity index (χ1n) is 9.62. The molecular weight excluding hydrogens is 523 g/mol. The van der Waals surface area contributed by atoms with Crippen molar-refractivity contribution in [2.24, 2.45) is 0 Å². The first kappa shape index (κ1) is 21.0. The number of fused-ring (bicyclic) bond motifs is 5. The van der Waals surface area contributed by atoms with Crippen LogP contribution in [0.5, 0.6) is 0 Å². The smallest absolute Gasteiger partial charge is 0.0777 e. The number of imidazole rings is 1. The van der Waals surface area contributed by atoms with Crippen molar-refractivity contribution >= 4 is 27.6 Å². The minimum atomic E-state index is -0.0295. The van der Waals surface area contributed by atoms with Crippen LogP contribution in [0.4, 0.5) is 0 Å². The second-order valence-corrected chi connectivity index (χ2v) is 9.77. The van der Waals surface area contributed by atoms with Crippen molar-refractivity contribution in [3.8, 4) is 0 Å². The van der Waals surface area contributed by atoms with Gasteiger partial charge in [-0.3, -0.25) is 4.98 Å². The van der Waals surface area contributed by atoms with E-state index in [1.54, 1.807) is 0 Å². The van der Waals surface area contributed by atoms with E-state index in [0.717, 1.165) is 33.3 Å². The fraction of sp³-hybridized carbons (Fsp3) is 0.417. The molecule has 0 amide bonds. The van der Waals surface area contributed by atoms with Gasteiger partial charge < -0.3 is 9.38 Å². The van der Waals surface area contributed by atoms with Crippen LogP contribution in [0.3, 0.4) is 0 Å². The van der Waals surface area contributed by atoms with Gasteiger partial charge in [0, 0.05) is 31.2 Å². The molecule has 0 saturated heterocycles. The van der Waals surface area contributed by atoms with E-state index >= 15 is 0 Å². The molecule has 0 saturated carbocycles. The van der Waals surface area contributed by atoms with Crippen LogP contribution >= 0.6 is 0 Å². The van der Waals surface area contributed by atoms with Gasteiger partial charge in [0.25, 0.3) is 0 Å². The zero-order chi connectivity index (χ0) is 19.7. The summed E-state index contributed by atoms with van der Waals surface area (Å²) in [6.45, 7) is 17.6. The summed E-state index contributed by atoms with van der Waals surface area (Å²) in [7, 11) is 0. The number of benzene rings is 1. The number of hydrogen-bond donors (Lipinski definition) is 0. The van der Waals surface area contributed by atoms with Gasteiger partial charge in [-0.05, 0) is 53.7 Å². The molecule has 3 heterocycles. The maximum atomic E-state index is 5.00. The second-order valence-electron chi connectivity index (χ2n) is 9.77. The van der Waals surface area contributed by atoms with Gasteiger partial charge in [0.15, 0.2) is 0 Å². The molecule has 0 aliphatic heterocycles. The van der Waals surface area contributed by atoms with Gasteiger partial charge in [-0.2, -0.15) is 0 Å². The molecule has 0 fully saturated rings. The van der Waals surface area contributed by atoms with Crippen LogP contribution in [0.15, 0.2) is 24.3 Å². The minimum absolute atomic E-state index is 0. The third-order valence-corrected chi connectivity index (χ3v) is 5.40. The predicted octanol–water partition coefficient (Wildman–Crippen LogP) is 6.05. The Labute approximate surface area is 180 Å². The summed E-state index contributed by atoms with van der Waals surface area (Å²) in [5.41, 5.74) is 8.92. The summed E-state index contributed by atoms with van der Waals surface area (Å²) in [6.07, 6.45) is 0. The Kier molecular flexibility index (Phi) is 4.97. The number of rotatable bonds is 0. The van der Waals surface area contributed by atoms with Crippen LogP contribution in [-0.2, 0) is 30.9 Å². The normalized spacial score (nSPS) is 12.7. The van der Waals surface area contributed by atoms with Crippen LogP contribution in [0.1, 0.15) is 64.1 Å². The Hall–Kier alpha value is -1.77. The Morgan fingerprint density at radius 2 is 1.46 bits per heavy atom. The molecule has 4 heteroatoms. The van der Waals surface area contributed by atoms with E-state index in [0.29, 0.717) is 0 Å². The van der Waals surface area contributed by atoms with Gasteiger partial charge >= 0.3 is 0 Å². The topological polar surface area (TPSA) is 30.2 Å². The van der Waals surface area contributed by atoms with Gasteiger partial charge in [0.05, 0.1) is 16.7 Å². The number of hydrogen-bond acceptors (Lipinski definition) is 2. The van der Waals surface area contributed by atoms with Crippen molar-refractivity contribution in [1.82, 2.24) is 14.4 Å². The standard InChI is InChI=1S/C24H28N3.Ir/c1-14-11-18-19(12-15(14)2)27-21(24(6,7)8)13-17-16(22(27)26-18)9-10-20(25-17)23(3,4)5;/h10-13H,1-8H3;/q-1;. The summed E-state index contributed by atoms with van der Waals surface area (Å²) >= 11 is 0. The largest absolute Gasteiger partial charge is 0.348 e. The van der Waals surface area contributed by atoms with Crippen molar-refractivity contribution in [1.29, 1.82) is 0 Å². The minimum Gasteiger partial charge on any atom is -0.348 e. The van der Waals surface area contributed by atoms with E-state index in [-0.39, 0.29) is 30.9 Å². The predicted molar refractivity (Wildman–Crippen MR) is 114 cm³/mol. The molecule has 3 aromatic heterocycles. The zero-order valence-corrected chi connectivity index (χ0v) is 20.4. The fourth-order valence-electron chi connectivity index (χ4n) is 3.59. The molecule has 0 spiro atoms. The van der Waals surface area contributed by atoms with Crippen LogP contribution in [-0.4, -0.2) is 14.4 Å². The first-order valence-corrected chi connectivity index (χ1v) is 9.62. The van der Waals surface area contributed by atoms with E-state index < -0.39 is 0 Å². The molecule has 0 aliphatic carbocycles. The molecule has 3 nitrogen and oxygen atoms in total. The number of nitrogens with zero attached hydrogens (tertiary/aromatic N) is 3. The molecular formula is C24H28IrN3-. The Morgan fingerprint density at radius 1 is 0.821 bits per heavy atom. The van der Waals surface area contributed by atoms with Gasteiger partial charge in [-0.1, -0.05) is 53.0 Å². The second kappa shape index (κ2) is 6.64. The summed E-state index contributed by atoms with van der Waals surface area (Å²) in [4.78, 5) is 9.99. The summed E-state index contributed by atoms with van der Waals surface area (Å²) in [6, 6.07) is 12.2. The van der Waals surface area contributed by atoms with Crippen LogP contribution < -0.4 is 0 Å². The van der Waals surface area contributed by atoms with Gasteiger partial charge in [0.2, 0.25) is 0 Å².